The summed E-state index contributed by atoms with van der Waals surface area (Å²) in [6.07, 6.45) is 12.0. The molecule has 4 atom stereocenters. The van der Waals surface area contributed by atoms with Crippen LogP contribution in [0.1, 0.15) is 72.9 Å². The van der Waals surface area contributed by atoms with Crippen molar-refractivity contribution in [3.05, 3.63) is 89.1 Å². The maximum Gasteiger partial charge on any atom is 0.410 e. The number of aromatic nitrogens is 2. The summed E-state index contributed by atoms with van der Waals surface area (Å²) in [5.74, 6) is 1.96. The van der Waals surface area contributed by atoms with Crippen molar-refractivity contribution in [1.29, 1.82) is 0 Å². The number of anilines is 1. The van der Waals surface area contributed by atoms with Gasteiger partial charge in [-0.2, -0.15) is 9.97 Å². The largest absolute Gasteiger partial charge is 0.489 e. The molecule has 1 unspecified atom stereocenters. The highest BCUT2D eigenvalue weighted by Crippen LogP contribution is 2.49. The van der Waals surface area contributed by atoms with E-state index in [1.807, 2.05) is 11.0 Å². The first-order valence-corrected chi connectivity index (χ1v) is 18.3. The monoisotopic (exact) mass is 663 g/mol. The number of ether oxygens (including phenoxy) is 3. The van der Waals surface area contributed by atoms with Gasteiger partial charge in [0, 0.05) is 42.2 Å². The molecule has 1 amide bonds. The number of likely N-dealkylation sites (N-methyl/N-ethyl adjacent to an activating group) is 1. The van der Waals surface area contributed by atoms with E-state index in [-0.39, 0.29) is 30.2 Å². The van der Waals surface area contributed by atoms with Gasteiger partial charge >= 0.3 is 12.1 Å². The first-order valence-electron chi connectivity index (χ1n) is 18.3. The molecule has 49 heavy (non-hydrogen) atoms. The highest BCUT2D eigenvalue weighted by atomic mass is 16.6. The number of benzene rings is 2. The van der Waals surface area contributed by atoms with Gasteiger partial charge in [-0.15, -0.1) is 0 Å². The summed E-state index contributed by atoms with van der Waals surface area (Å²) in [5, 5.41) is 0. The fourth-order valence-electron chi connectivity index (χ4n) is 9.22. The van der Waals surface area contributed by atoms with E-state index in [0.717, 1.165) is 75.2 Å². The molecule has 3 saturated heterocycles. The number of likely N-dealkylation sites (tertiary alicyclic amines) is 2. The standard InChI is InChI=1S/C40H49N5O4/c1-3-21-47-39(46)44-24-30-14-15-31(25-44)45(30)37-34-17-19-40(23-36(34)41-38(42-37)49-27-32-12-8-20-43(32)2)18-7-11-29-13-16-33(22-35(29)40)48-26-28-9-5-4-6-10-28/h3-6,9-10,13,16,22,30-32H,1,7-8,11-12,14-15,17-21,23-27H2,2H3/t30-,31+,32-,40?/m0/s1. The molecule has 0 radical (unpaired) electrons. The Hall–Kier alpha value is -4.11. The van der Waals surface area contributed by atoms with Gasteiger partial charge in [0.25, 0.3) is 0 Å². The predicted molar refractivity (Wildman–Crippen MR) is 189 cm³/mol. The number of nitrogens with zero attached hydrogens (tertiary/aromatic N) is 5. The van der Waals surface area contributed by atoms with Crippen LogP contribution < -0.4 is 14.4 Å². The third-order valence-corrected chi connectivity index (χ3v) is 11.8. The average Bonchev–Trinajstić information content (AvgIpc) is 3.66. The Bertz CT molecular complexity index is 1670. The van der Waals surface area contributed by atoms with E-state index in [1.165, 1.54) is 35.1 Å². The Balaban J connectivity index is 1.10. The predicted octanol–water partition coefficient (Wildman–Crippen LogP) is 6.27. The highest BCUT2D eigenvalue weighted by molar-refractivity contribution is 5.69. The van der Waals surface area contributed by atoms with E-state index >= 15 is 0 Å². The van der Waals surface area contributed by atoms with Gasteiger partial charge in [0.15, 0.2) is 0 Å². The lowest BCUT2D eigenvalue weighted by atomic mass is 9.62. The zero-order valence-corrected chi connectivity index (χ0v) is 28.8. The number of hydrogen-bond acceptors (Lipinski definition) is 8. The Labute approximate surface area is 290 Å². The van der Waals surface area contributed by atoms with Gasteiger partial charge in [-0.3, -0.25) is 0 Å². The molecule has 3 fully saturated rings. The smallest absolute Gasteiger partial charge is 0.410 e. The molecule has 0 N–H and O–H groups in total. The van der Waals surface area contributed by atoms with Crippen LogP contribution in [-0.4, -0.2) is 83.9 Å². The molecule has 9 heteroatoms. The lowest BCUT2D eigenvalue weighted by Crippen LogP contribution is -2.56. The van der Waals surface area contributed by atoms with Crippen molar-refractivity contribution >= 4 is 11.9 Å². The van der Waals surface area contributed by atoms with Crippen LogP contribution >= 0.6 is 0 Å². The van der Waals surface area contributed by atoms with Crippen LogP contribution in [0.4, 0.5) is 10.6 Å². The molecule has 4 heterocycles. The summed E-state index contributed by atoms with van der Waals surface area (Å²) in [5.41, 5.74) is 6.44. The maximum atomic E-state index is 12.8. The van der Waals surface area contributed by atoms with Gasteiger partial charge in [0.1, 0.15) is 31.4 Å². The summed E-state index contributed by atoms with van der Waals surface area (Å²) in [6, 6.07) is 18.4. The minimum Gasteiger partial charge on any atom is -0.489 e. The van der Waals surface area contributed by atoms with Crippen molar-refractivity contribution < 1.29 is 19.0 Å². The minimum atomic E-state index is -0.254. The van der Waals surface area contributed by atoms with Crippen LogP contribution in [0.5, 0.6) is 11.8 Å². The number of rotatable bonds is 9. The molecule has 5 aliphatic rings. The SMILES string of the molecule is C=CCOC(=O)N1C[C@H]2CC[C@@H](C1)N2c1nc(OC[C@@H]2CCCN2C)nc2c1CCC1(CCCc3ccc(OCc4ccccc4)cc31)C2. The fourth-order valence-corrected chi connectivity index (χ4v) is 9.22. The van der Waals surface area contributed by atoms with Crippen LogP contribution in [0, 0.1) is 0 Å². The van der Waals surface area contributed by atoms with Gasteiger partial charge in [-0.1, -0.05) is 49.1 Å². The molecule has 1 spiro atoms. The number of piperazine rings is 1. The highest BCUT2D eigenvalue weighted by Gasteiger charge is 2.46. The maximum absolute atomic E-state index is 12.8. The minimum absolute atomic E-state index is 0.00779. The molecule has 2 aliphatic carbocycles. The number of carbonyl (C=O) groups excluding carboxylic acids is 1. The Kier molecular flexibility index (Phi) is 8.95. The zero-order chi connectivity index (χ0) is 33.4. The molecule has 9 nitrogen and oxygen atoms in total. The number of hydrogen-bond donors (Lipinski definition) is 0. The van der Waals surface area contributed by atoms with Crippen molar-refractivity contribution in [2.75, 3.05) is 44.8 Å². The van der Waals surface area contributed by atoms with Gasteiger partial charge < -0.3 is 28.9 Å². The van der Waals surface area contributed by atoms with E-state index in [1.54, 1.807) is 6.08 Å². The zero-order valence-electron chi connectivity index (χ0n) is 28.8. The van der Waals surface area contributed by atoms with Crippen LogP contribution in [-0.2, 0) is 36.0 Å². The summed E-state index contributed by atoms with van der Waals surface area (Å²) in [7, 11) is 2.18. The van der Waals surface area contributed by atoms with Crippen molar-refractivity contribution in [2.24, 2.45) is 0 Å². The number of fused-ring (bicyclic) bond motifs is 5. The van der Waals surface area contributed by atoms with Crippen molar-refractivity contribution in [3.63, 3.8) is 0 Å². The molecule has 258 valence electrons. The second-order valence-electron chi connectivity index (χ2n) is 14.8. The second-order valence-corrected chi connectivity index (χ2v) is 14.8. The van der Waals surface area contributed by atoms with Crippen LogP contribution in [0.2, 0.25) is 0 Å². The van der Waals surface area contributed by atoms with E-state index in [0.29, 0.717) is 38.4 Å². The van der Waals surface area contributed by atoms with Gasteiger partial charge in [-0.05, 0) is 107 Å². The molecular weight excluding hydrogens is 614 g/mol. The average molecular weight is 664 g/mol. The van der Waals surface area contributed by atoms with E-state index in [4.69, 9.17) is 24.2 Å². The van der Waals surface area contributed by atoms with Gasteiger partial charge in [0.2, 0.25) is 0 Å². The lowest BCUT2D eigenvalue weighted by Gasteiger charge is -2.45. The van der Waals surface area contributed by atoms with Gasteiger partial charge in [-0.25, -0.2) is 4.79 Å². The van der Waals surface area contributed by atoms with Crippen molar-refractivity contribution in [1.82, 2.24) is 19.8 Å². The van der Waals surface area contributed by atoms with Crippen LogP contribution in [0.25, 0.3) is 0 Å². The number of aryl methyl sites for hydroxylation is 1. The quantitative estimate of drug-likeness (QED) is 0.248. The molecule has 3 aromatic rings. The second kappa shape index (κ2) is 13.7. The fraction of sp³-hybridized carbons (Fsp3) is 0.525. The van der Waals surface area contributed by atoms with Crippen LogP contribution in [0.15, 0.2) is 61.2 Å². The molecule has 1 aromatic heterocycles. The van der Waals surface area contributed by atoms with E-state index in [9.17, 15) is 4.79 Å². The summed E-state index contributed by atoms with van der Waals surface area (Å²) in [6.45, 7) is 7.46. The molecule has 8 rings (SSSR count). The Morgan fingerprint density at radius 1 is 1.00 bits per heavy atom. The van der Waals surface area contributed by atoms with Crippen molar-refractivity contribution in [3.8, 4) is 11.8 Å². The third-order valence-electron chi connectivity index (χ3n) is 11.8. The summed E-state index contributed by atoms with van der Waals surface area (Å²) >= 11 is 0. The molecule has 3 aliphatic heterocycles. The lowest BCUT2D eigenvalue weighted by molar-refractivity contribution is 0.103. The summed E-state index contributed by atoms with van der Waals surface area (Å²) < 4.78 is 18.3. The summed E-state index contributed by atoms with van der Waals surface area (Å²) in [4.78, 5) is 30.0. The molecule has 2 aromatic carbocycles. The molecule has 0 saturated carbocycles. The normalized spacial score (nSPS) is 25.9. The van der Waals surface area contributed by atoms with E-state index in [2.05, 4.69) is 65.9 Å². The number of amides is 1. The number of carbonyl (C=O) groups is 1. The van der Waals surface area contributed by atoms with Crippen molar-refractivity contribution in [2.45, 2.75) is 94.4 Å². The molecular formula is C40H49N5O4. The topological polar surface area (TPSA) is 80.3 Å². The Morgan fingerprint density at radius 3 is 2.61 bits per heavy atom. The first kappa shape index (κ1) is 32.1. The Morgan fingerprint density at radius 2 is 1.84 bits per heavy atom. The van der Waals surface area contributed by atoms with E-state index < -0.39 is 0 Å². The molecule has 2 bridgehead atoms. The third kappa shape index (κ3) is 6.38. The first-order chi connectivity index (χ1) is 24.0. The van der Waals surface area contributed by atoms with Crippen LogP contribution in [0.3, 0.4) is 0 Å². The van der Waals surface area contributed by atoms with Gasteiger partial charge in [0.05, 0.1) is 5.69 Å².